The highest BCUT2D eigenvalue weighted by Gasteiger charge is 2.39. The summed E-state index contributed by atoms with van der Waals surface area (Å²) in [6.45, 7) is -0.416. The first-order valence-electron chi connectivity index (χ1n) is 7.97. The fourth-order valence-corrected chi connectivity index (χ4v) is 3.69. The lowest BCUT2D eigenvalue weighted by atomic mass is 9.84. The fourth-order valence-electron chi connectivity index (χ4n) is 3.23. The van der Waals surface area contributed by atoms with Crippen molar-refractivity contribution >= 4 is 21.2 Å². The Bertz CT molecular complexity index is 934. The van der Waals surface area contributed by atoms with Crippen molar-refractivity contribution in [2.75, 3.05) is 13.2 Å². The van der Waals surface area contributed by atoms with Crippen LogP contribution >= 0.6 is 0 Å². The minimum Gasteiger partial charge on any atom is -0.396 e. The summed E-state index contributed by atoms with van der Waals surface area (Å²) in [6, 6.07) is 8.89. The molecule has 1 aromatic heterocycles. The molecule has 0 aliphatic heterocycles. The number of nitrogens with zero attached hydrogens (tertiary/aromatic N) is 1. The van der Waals surface area contributed by atoms with Gasteiger partial charge >= 0.3 is 0 Å². The second kappa shape index (κ2) is 6.88. The molecule has 138 valence electrons. The van der Waals surface area contributed by atoms with Gasteiger partial charge in [-0.1, -0.05) is 18.2 Å². The van der Waals surface area contributed by atoms with Crippen LogP contribution in [-0.2, 0) is 10.0 Å². The molecule has 0 radical (unpaired) electrons. The van der Waals surface area contributed by atoms with Crippen molar-refractivity contribution < 1.29 is 23.0 Å². The van der Waals surface area contributed by atoms with Crippen LogP contribution in [0.5, 0.6) is 0 Å². The average Bonchev–Trinajstić information content (AvgIpc) is 3.02. The van der Waals surface area contributed by atoms with E-state index in [-0.39, 0.29) is 24.1 Å². The van der Waals surface area contributed by atoms with Gasteiger partial charge in [0.1, 0.15) is 5.82 Å². The summed E-state index contributed by atoms with van der Waals surface area (Å²) in [7, 11) is -3.89. The van der Waals surface area contributed by atoms with Crippen molar-refractivity contribution in [1.29, 1.82) is 0 Å². The van der Waals surface area contributed by atoms with Gasteiger partial charge in [-0.3, -0.25) is 0 Å². The number of sulfonamides is 1. The molecule has 1 aromatic carbocycles. The van der Waals surface area contributed by atoms with Crippen LogP contribution < -0.4 is 5.14 Å². The highest BCUT2D eigenvalue weighted by Crippen LogP contribution is 2.49. The molecule has 0 unspecified atom stereocenters. The molecule has 1 aliphatic carbocycles. The molecule has 0 bridgehead atoms. The van der Waals surface area contributed by atoms with Crippen molar-refractivity contribution in [3.63, 3.8) is 0 Å². The third-order valence-electron chi connectivity index (χ3n) is 4.71. The van der Waals surface area contributed by atoms with Gasteiger partial charge in [0, 0.05) is 11.6 Å². The van der Waals surface area contributed by atoms with Gasteiger partial charge in [-0.15, -0.1) is 0 Å². The summed E-state index contributed by atoms with van der Waals surface area (Å²) in [4.78, 5) is 3.90. The van der Waals surface area contributed by atoms with Crippen LogP contribution in [0.15, 0.2) is 47.6 Å². The fraction of sp³-hybridized carbons (Fsp3) is 0.278. The number of primary sulfonamides is 1. The van der Waals surface area contributed by atoms with Crippen molar-refractivity contribution in [3.8, 4) is 0 Å². The standard InChI is InChI=1S/C18H19FN2O4S/c19-14-4-1-12(2-5-14)15-7-18(10-22,11-23)8-16(15)13-3-6-17(21-9-13)26(20,24)25/h1-6,9,22-23H,7-8,10-11H2,(H2,20,24,25). The third-order valence-corrected chi connectivity index (χ3v) is 5.53. The second-order valence-corrected chi connectivity index (χ2v) is 8.07. The Morgan fingerprint density at radius 2 is 1.54 bits per heavy atom. The van der Waals surface area contributed by atoms with E-state index in [1.165, 1.54) is 24.4 Å². The molecule has 3 rings (SSSR count). The predicted octanol–water partition coefficient (Wildman–Crippen LogP) is 1.54. The molecule has 26 heavy (non-hydrogen) atoms. The number of aromatic nitrogens is 1. The van der Waals surface area contributed by atoms with Gasteiger partial charge < -0.3 is 10.2 Å². The maximum Gasteiger partial charge on any atom is 0.255 e. The Labute approximate surface area is 150 Å². The molecular weight excluding hydrogens is 359 g/mol. The smallest absolute Gasteiger partial charge is 0.255 e. The van der Waals surface area contributed by atoms with Gasteiger partial charge in [0.2, 0.25) is 0 Å². The van der Waals surface area contributed by atoms with E-state index < -0.39 is 15.4 Å². The van der Waals surface area contributed by atoms with Crippen LogP contribution in [0.2, 0.25) is 0 Å². The molecule has 2 aromatic rings. The van der Waals surface area contributed by atoms with Crippen molar-refractivity contribution in [1.82, 2.24) is 4.98 Å². The third kappa shape index (κ3) is 3.54. The van der Waals surface area contributed by atoms with E-state index in [0.717, 1.165) is 16.7 Å². The molecule has 0 amide bonds. The monoisotopic (exact) mass is 378 g/mol. The summed E-state index contributed by atoms with van der Waals surface area (Å²) >= 11 is 0. The van der Waals surface area contributed by atoms with Crippen molar-refractivity contribution in [2.24, 2.45) is 10.6 Å². The molecule has 6 nitrogen and oxygen atoms in total. The van der Waals surface area contributed by atoms with E-state index in [1.807, 2.05) is 0 Å². The van der Waals surface area contributed by atoms with E-state index in [2.05, 4.69) is 4.98 Å². The van der Waals surface area contributed by atoms with Crippen LogP contribution in [0.25, 0.3) is 11.1 Å². The average molecular weight is 378 g/mol. The SMILES string of the molecule is NS(=O)(=O)c1ccc(C2=C(c3ccc(F)cc3)CC(CO)(CO)C2)cn1. The number of aliphatic hydroxyl groups is 2. The topological polar surface area (TPSA) is 114 Å². The molecule has 8 heteroatoms. The van der Waals surface area contributed by atoms with Crippen LogP contribution in [-0.4, -0.2) is 36.8 Å². The van der Waals surface area contributed by atoms with E-state index in [0.29, 0.717) is 18.4 Å². The number of rotatable bonds is 5. The predicted molar refractivity (Wildman–Crippen MR) is 94.7 cm³/mol. The molecular formula is C18H19FN2O4S. The van der Waals surface area contributed by atoms with Gasteiger partial charge in [0.25, 0.3) is 10.0 Å². The summed E-state index contributed by atoms with van der Waals surface area (Å²) in [5.41, 5.74) is 2.41. The van der Waals surface area contributed by atoms with E-state index in [1.54, 1.807) is 18.2 Å². The van der Waals surface area contributed by atoms with Crippen LogP contribution in [0, 0.1) is 11.2 Å². The first-order chi connectivity index (χ1) is 12.3. The van der Waals surface area contributed by atoms with Gasteiger partial charge in [-0.25, -0.2) is 22.9 Å². The van der Waals surface area contributed by atoms with Crippen molar-refractivity contribution in [3.05, 3.63) is 59.5 Å². The first kappa shape index (κ1) is 18.7. The maximum absolute atomic E-state index is 13.3. The largest absolute Gasteiger partial charge is 0.396 e. The summed E-state index contributed by atoms with van der Waals surface area (Å²) in [5.74, 6) is -0.358. The Morgan fingerprint density at radius 1 is 1.00 bits per heavy atom. The summed E-state index contributed by atoms with van der Waals surface area (Å²) in [6.07, 6.45) is 2.21. The molecule has 0 fully saturated rings. The Hall–Kier alpha value is -2.13. The summed E-state index contributed by atoms with van der Waals surface area (Å²) in [5, 5.41) is 24.4. The Morgan fingerprint density at radius 3 is 2.00 bits per heavy atom. The highest BCUT2D eigenvalue weighted by atomic mass is 32.2. The zero-order valence-corrected chi connectivity index (χ0v) is 14.7. The number of nitrogens with two attached hydrogens (primary N) is 1. The molecule has 0 saturated carbocycles. The van der Waals surface area contributed by atoms with Crippen molar-refractivity contribution in [2.45, 2.75) is 17.9 Å². The Balaban J connectivity index is 2.09. The number of hydrogen-bond donors (Lipinski definition) is 3. The van der Waals surface area contributed by atoms with E-state index in [9.17, 15) is 23.0 Å². The molecule has 1 heterocycles. The highest BCUT2D eigenvalue weighted by molar-refractivity contribution is 7.89. The number of halogens is 1. The normalized spacial score (nSPS) is 16.9. The quantitative estimate of drug-likeness (QED) is 0.730. The molecule has 0 spiro atoms. The number of benzene rings is 1. The van der Waals surface area contributed by atoms with Gasteiger partial charge in [0.05, 0.1) is 13.2 Å². The van der Waals surface area contributed by atoms with E-state index >= 15 is 0 Å². The molecule has 0 saturated heterocycles. The lowest BCUT2D eigenvalue weighted by Gasteiger charge is -2.24. The zero-order chi connectivity index (χ0) is 18.9. The number of hydrogen-bond acceptors (Lipinski definition) is 5. The maximum atomic E-state index is 13.3. The number of allylic oxidation sites excluding steroid dienone is 2. The van der Waals surface area contributed by atoms with Gasteiger partial charge in [0.15, 0.2) is 5.03 Å². The molecule has 1 aliphatic rings. The van der Waals surface area contributed by atoms with Gasteiger partial charge in [-0.2, -0.15) is 0 Å². The lowest BCUT2D eigenvalue weighted by molar-refractivity contribution is 0.0677. The first-order valence-corrected chi connectivity index (χ1v) is 9.51. The Kier molecular flexibility index (Phi) is 4.94. The molecule has 0 atom stereocenters. The second-order valence-electron chi connectivity index (χ2n) is 6.56. The van der Waals surface area contributed by atoms with Crippen LogP contribution in [0.3, 0.4) is 0 Å². The minimum atomic E-state index is -3.89. The zero-order valence-electron chi connectivity index (χ0n) is 13.9. The minimum absolute atomic E-state index is 0.208. The summed E-state index contributed by atoms with van der Waals surface area (Å²) < 4.78 is 36.0. The number of aliphatic hydroxyl groups excluding tert-OH is 2. The molecule has 4 N–H and O–H groups in total. The van der Waals surface area contributed by atoms with Gasteiger partial charge in [-0.05, 0) is 53.3 Å². The lowest BCUT2D eigenvalue weighted by Crippen LogP contribution is -2.27. The van der Waals surface area contributed by atoms with E-state index in [4.69, 9.17) is 5.14 Å². The van der Waals surface area contributed by atoms with Crippen LogP contribution in [0.1, 0.15) is 24.0 Å². The van der Waals surface area contributed by atoms with Crippen LogP contribution in [0.4, 0.5) is 4.39 Å². The number of pyridine rings is 1.